The fourth-order valence-corrected chi connectivity index (χ4v) is 5.84. The summed E-state index contributed by atoms with van der Waals surface area (Å²) in [6, 6.07) is 13.2. The van der Waals surface area contributed by atoms with Crippen LogP contribution in [0.25, 0.3) is 22.2 Å². The number of hydrogen-bond donors (Lipinski definition) is 0. The quantitative estimate of drug-likeness (QED) is 0.0851. The van der Waals surface area contributed by atoms with E-state index in [0.29, 0.717) is 52.3 Å². The monoisotopic (exact) mass is 651 g/mol. The molecule has 12 heteroatoms. The Morgan fingerprint density at radius 2 is 1.80 bits per heavy atom. The first-order valence-electron chi connectivity index (χ1n) is 16.4. The fourth-order valence-electron chi connectivity index (χ4n) is 5.08. The minimum atomic E-state index is -1.15. The van der Waals surface area contributed by atoms with Crippen LogP contribution in [0.1, 0.15) is 38.0 Å². The van der Waals surface area contributed by atoms with Crippen LogP contribution >= 0.6 is 0 Å². The Hall–Kier alpha value is -3.13. The van der Waals surface area contributed by atoms with E-state index >= 15 is 0 Å². The van der Waals surface area contributed by atoms with Gasteiger partial charge in [-0.1, -0.05) is 50.0 Å². The van der Waals surface area contributed by atoms with Crippen LogP contribution in [0.15, 0.2) is 55.0 Å². The Balaban J connectivity index is 1.13. The van der Waals surface area contributed by atoms with Crippen molar-refractivity contribution in [3.05, 3.63) is 60.6 Å². The van der Waals surface area contributed by atoms with Gasteiger partial charge in [-0.05, 0) is 37.8 Å². The van der Waals surface area contributed by atoms with Gasteiger partial charge in [0.05, 0.1) is 57.0 Å². The van der Waals surface area contributed by atoms with E-state index in [2.05, 4.69) is 29.7 Å². The Morgan fingerprint density at radius 3 is 2.61 bits per heavy atom. The zero-order chi connectivity index (χ0) is 32.2. The maximum absolute atomic E-state index is 6.09. The van der Waals surface area contributed by atoms with Gasteiger partial charge in [0.2, 0.25) is 5.88 Å². The number of hydrogen-bond acceptors (Lipinski definition) is 9. The maximum Gasteiger partial charge on any atom is 0.214 e. The van der Waals surface area contributed by atoms with Crippen LogP contribution in [0, 0.1) is 0 Å². The van der Waals surface area contributed by atoms with E-state index in [1.807, 2.05) is 71.3 Å². The number of nitrogens with zero attached hydrogens (tertiary/aromatic N) is 5. The molecule has 0 aliphatic carbocycles. The second-order valence-corrected chi connectivity index (χ2v) is 18.5. The normalized spacial score (nSPS) is 16.2. The highest BCUT2D eigenvalue weighted by atomic mass is 28.3. The summed E-state index contributed by atoms with van der Waals surface area (Å²) in [5.74, 6) is 0.516. The van der Waals surface area contributed by atoms with Crippen molar-refractivity contribution in [3.8, 4) is 17.1 Å². The average molecular weight is 652 g/mol. The second-order valence-electron chi connectivity index (χ2n) is 12.9. The number of pyridine rings is 1. The molecule has 4 aromatic rings. The third kappa shape index (κ3) is 10.4. The highest BCUT2D eigenvalue weighted by Gasteiger charge is 2.23. The van der Waals surface area contributed by atoms with Crippen LogP contribution in [-0.2, 0) is 37.0 Å². The second kappa shape index (κ2) is 17.1. The summed E-state index contributed by atoms with van der Waals surface area (Å²) in [6.45, 7) is 13.9. The SMILES string of the molecule is C[C@@H](COc1cc2c(-c3cnn(COCC[Si](C)(C)C)c3)nn(C3CCCCO3)c2cn1)OCCOCCOCc1ccccc1. The van der Waals surface area contributed by atoms with Crippen LogP contribution in [0.2, 0.25) is 25.7 Å². The number of fused-ring (bicyclic) bond motifs is 1. The maximum atomic E-state index is 6.09. The van der Waals surface area contributed by atoms with Gasteiger partial charge in [0.1, 0.15) is 19.0 Å². The smallest absolute Gasteiger partial charge is 0.214 e. The molecule has 1 fully saturated rings. The van der Waals surface area contributed by atoms with Crippen LogP contribution in [0.4, 0.5) is 0 Å². The minimum absolute atomic E-state index is 0.121. The van der Waals surface area contributed by atoms with E-state index in [-0.39, 0.29) is 12.3 Å². The van der Waals surface area contributed by atoms with Gasteiger partial charge in [-0.15, -0.1) is 0 Å². The Labute approximate surface area is 273 Å². The molecule has 46 heavy (non-hydrogen) atoms. The van der Waals surface area contributed by atoms with E-state index in [1.54, 1.807) is 0 Å². The van der Waals surface area contributed by atoms with Crippen molar-refractivity contribution in [3.63, 3.8) is 0 Å². The van der Waals surface area contributed by atoms with Crippen molar-refractivity contribution < 1.29 is 28.4 Å². The van der Waals surface area contributed by atoms with Crippen LogP contribution < -0.4 is 4.74 Å². The molecule has 3 aromatic heterocycles. The Kier molecular flexibility index (Phi) is 12.7. The molecule has 1 aliphatic heterocycles. The van der Waals surface area contributed by atoms with Gasteiger partial charge in [0, 0.05) is 44.5 Å². The molecule has 5 rings (SSSR count). The fraction of sp³-hybridized carbons (Fsp3) is 0.559. The van der Waals surface area contributed by atoms with E-state index in [4.69, 9.17) is 33.5 Å². The molecule has 1 unspecified atom stereocenters. The van der Waals surface area contributed by atoms with Crippen LogP contribution in [0.3, 0.4) is 0 Å². The largest absolute Gasteiger partial charge is 0.475 e. The summed E-state index contributed by atoms with van der Waals surface area (Å²) in [7, 11) is -1.15. The summed E-state index contributed by atoms with van der Waals surface area (Å²) < 4.78 is 39.0. The molecule has 2 atom stereocenters. The van der Waals surface area contributed by atoms with Gasteiger partial charge >= 0.3 is 0 Å². The lowest BCUT2D eigenvalue weighted by atomic mass is 10.1. The molecule has 250 valence electrons. The number of rotatable bonds is 19. The topological polar surface area (TPSA) is 104 Å². The first kappa shape index (κ1) is 34.2. The lowest BCUT2D eigenvalue weighted by Crippen LogP contribution is -2.22. The third-order valence-corrected chi connectivity index (χ3v) is 9.41. The molecule has 0 N–H and O–H groups in total. The summed E-state index contributed by atoms with van der Waals surface area (Å²) in [5, 5.41) is 10.5. The van der Waals surface area contributed by atoms with E-state index in [0.717, 1.165) is 66.2 Å². The predicted molar refractivity (Wildman–Crippen MR) is 180 cm³/mol. The van der Waals surface area contributed by atoms with Crippen molar-refractivity contribution >= 4 is 19.0 Å². The lowest BCUT2D eigenvalue weighted by Gasteiger charge is -2.23. The molecule has 0 bridgehead atoms. The van der Waals surface area contributed by atoms with Crippen molar-refractivity contribution in [2.75, 3.05) is 46.2 Å². The first-order chi connectivity index (χ1) is 22.4. The van der Waals surface area contributed by atoms with Gasteiger partial charge in [-0.2, -0.15) is 10.2 Å². The van der Waals surface area contributed by atoms with Gasteiger partial charge in [0.15, 0.2) is 6.23 Å². The van der Waals surface area contributed by atoms with Gasteiger partial charge in [0.25, 0.3) is 0 Å². The molecule has 1 saturated heterocycles. The predicted octanol–water partition coefficient (Wildman–Crippen LogP) is 6.32. The van der Waals surface area contributed by atoms with Crippen molar-refractivity contribution in [1.82, 2.24) is 24.5 Å². The van der Waals surface area contributed by atoms with E-state index in [1.165, 1.54) is 0 Å². The molecule has 0 saturated carbocycles. The number of ether oxygens (including phenoxy) is 6. The molecule has 11 nitrogen and oxygen atoms in total. The lowest BCUT2D eigenvalue weighted by molar-refractivity contribution is -0.0365. The molecule has 0 radical (unpaired) electrons. The first-order valence-corrected chi connectivity index (χ1v) is 20.1. The third-order valence-electron chi connectivity index (χ3n) is 7.70. The van der Waals surface area contributed by atoms with E-state index < -0.39 is 8.07 Å². The Morgan fingerprint density at radius 1 is 0.978 bits per heavy atom. The summed E-state index contributed by atoms with van der Waals surface area (Å²) in [4.78, 5) is 4.61. The van der Waals surface area contributed by atoms with Crippen molar-refractivity contribution in [2.45, 2.75) is 77.5 Å². The summed E-state index contributed by atoms with van der Waals surface area (Å²) >= 11 is 0. The van der Waals surface area contributed by atoms with Crippen molar-refractivity contribution in [2.24, 2.45) is 0 Å². The highest BCUT2D eigenvalue weighted by Crippen LogP contribution is 2.34. The zero-order valence-corrected chi connectivity index (χ0v) is 28.7. The number of aromatic nitrogens is 5. The van der Waals surface area contributed by atoms with Crippen molar-refractivity contribution in [1.29, 1.82) is 0 Å². The minimum Gasteiger partial charge on any atom is -0.475 e. The summed E-state index contributed by atoms with van der Waals surface area (Å²) in [5.41, 5.74) is 3.79. The standard InChI is InChI=1S/C34H49N5O6Si/c1-27(43-17-16-40-14-15-41-25-28-10-6-5-7-11-28)24-45-32-20-30-31(22-35-32)39(33-12-8-9-13-44-33)37-34(30)29-21-36-38(23-29)26-42-18-19-46(2,3)4/h5-7,10-11,20-23,27,33H,8-9,12-19,24-26H2,1-4H3/t27-,33?/m0/s1. The van der Waals surface area contributed by atoms with Crippen LogP contribution in [-0.4, -0.2) is 85.0 Å². The van der Waals surface area contributed by atoms with Gasteiger partial charge < -0.3 is 28.4 Å². The molecule has 0 amide bonds. The van der Waals surface area contributed by atoms with Gasteiger partial charge in [-0.25, -0.2) is 14.3 Å². The molecule has 4 heterocycles. The molecular formula is C34H49N5O6Si. The Bertz CT molecular complexity index is 1470. The van der Waals surface area contributed by atoms with Crippen LogP contribution in [0.5, 0.6) is 5.88 Å². The molecule has 1 aliphatic rings. The number of benzene rings is 1. The zero-order valence-electron chi connectivity index (χ0n) is 27.7. The highest BCUT2D eigenvalue weighted by molar-refractivity contribution is 6.76. The molecule has 0 spiro atoms. The average Bonchev–Trinajstić information content (AvgIpc) is 3.68. The molecule has 1 aromatic carbocycles. The van der Waals surface area contributed by atoms with Gasteiger partial charge in [-0.3, -0.25) is 0 Å². The van der Waals surface area contributed by atoms with E-state index in [9.17, 15) is 0 Å². The molecular weight excluding hydrogens is 602 g/mol. The summed E-state index contributed by atoms with van der Waals surface area (Å²) in [6.07, 6.45) is 8.48.